The number of nitro benzene ring substituents is 1. The second-order valence-electron chi connectivity index (χ2n) is 4.83. The molecular weight excluding hydrogens is 252 g/mol. The van der Waals surface area contributed by atoms with Gasteiger partial charge in [0.2, 0.25) is 0 Å². The van der Waals surface area contributed by atoms with Gasteiger partial charge in [-0.3, -0.25) is 10.1 Å². The number of hydrogen-bond acceptors (Lipinski definition) is 3. The van der Waals surface area contributed by atoms with Gasteiger partial charge in [0.1, 0.15) is 0 Å². The number of likely N-dealkylation sites (N-methyl/N-ethyl adjacent to an activating group) is 1. The van der Waals surface area contributed by atoms with Crippen LogP contribution >= 0.6 is 0 Å². The van der Waals surface area contributed by atoms with Crippen molar-refractivity contribution < 1.29 is 4.92 Å². The van der Waals surface area contributed by atoms with Crippen molar-refractivity contribution in [3.05, 3.63) is 75.3 Å². The Morgan fingerprint density at radius 3 is 2.35 bits per heavy atom. The van der Waals surface area contributed by atoms with E-state index in [2.05, 4.69) is 24.4 Å². The average Bonchev–Trinajstić information content (AvgIpc) is 2.46. The lowest BCUT2D eigenvalue weighted by Gasteiger charge is -2.19. The van der Waals surface area contributed by atoms with Crippen molar-refractivity contribution in [3.8, 4) is 0 Å². The predicted octanol–water partition coefficient (Wildman–Crippen LogP) is 3.41. The van der Waals surface area contributed by atoms with Gasteiger partial charge >= 0.3 is 0 Å². The third-order valence-electron chi connectivity index (χ3n) is 3.50. The van der Waals surface area contributed by atoms with E-state index in [0.717, 1.165) is 12.0 Å². The Morgan fingerprint density at radius 1 is 1.15 bits per heavy atom. The number of nitro groups is 1. The van der Waals surface area contributed by atoms with Crippen LogP contribution in [0, 0.1) is 17.0 Å². The van der Waals surface area contributed by atoms with E-state index < -0.39 is 0 Å². The quantitative estimate of drug-likeness (QED) is 0.669. The van der Waals surface area contributed by atoms with Gasteiger partial charge in [0.05, 0.1) is 4.92 Å². The fraction of sp³-hybridized carbons (Fsp3) is 0.250. The molecule has 0 heterocycles. The largest absolute Gasteiger partial charge is 0.313 e. The molecule has 0 aliphatic heterocycles. The third kappa shape index (κ3) is 3.22. The first-order chi connectivity index (χ1) is 9.61. The Labute approximate surface area is 118 Å². The molecule has 1 unspecified atom stereocenters. The number of non-ortho nitro benzene ring substituents is 1. The summed E-state index contributed by atoms with van der Waals surface area (Å²) >= 11 is 0. The fourth-order valence-corrected chi connectivity index (χ4v) is 2.33. The van der Waals surface area contributed by atoms with E-state index in [1.807, 2.05) is 31.3 Å². The zero-order valence-electron chi connectivity index (χ0n) is 11.7. The van der Waals surface area contributed by atoms with Gasteiger partial charge < -0.3 is 5.32 Å². The molecule has 2 aromatic rings. The fourth-order valence-electron chi connectivity index (χ4n) is 2.33. The van der Waals surface area contributed by atoms with Gasteiger partial charge in [-0.05, 0) is 37.1 Å². The monoisotopic (exact) mass is 270 g/mol. The summed E-state index contributed by atoms with van der Waals surface area (Å²) in [5.41, 5.74) is 3.71. The van der Waals surface area contributed by atoms with Crippen molar-refractivity contribution in [2.75, 3.05) is 7.05 Å². The number of hydrogen-bond donors (Lipinski definition) is 1. The Balaban J connectivity index is 2.18. The number of rotatable bonds is 5. The van der Waals surface area contributed by atoms with E-state index in [4.69, 9.17) is 0 Å². The molecule has 2 rings (SSSR count). The van der Waals surface area contributed by atoms with Crippen LogP contribution in [0.2, 0.25) is 0 Å². The highest BCUT2D eigenvalue weighted by Crippen LogP contribution is 2.22. The minimum atomic E-state index is -0.374. The molecule has 0 radical (unpaired) electrons. The summed E-state index contributed by atoms with van der Waals surface area (Å²) in [6.07, 6.45) is 0.805. The topological polar surface area (TPSA) is 55.2 Å². The summed E-state index contributed by atoms with van der Waals surface area (Å²) in [6.45, 7) is 2.09. The van der Waals surface area contributed by atoms with Crippen LogP contribution in [0.4, 0.5) is 5.69 Å². The van der Waals surface area contributed by atoms with Gasteiger partial charge in [-0.2, -0.15) is 0 Å². The van der Waals surface area contributed by atoms with Gasteiger partial charge in [0, 0.05) is 18.2 Å². The van der Waals surface area contributed by atoms with Crippen molar-refractivity contribution in [1.82, 2.24) is 5.32 Å². The molecule has 0 fully saturated rings. The van der Waals surface area contributed by atoms with Crippen LogP contribution in [0.15, 0.2) is 48.5 Å². The van der Waals surface area contributed by atoms with E-state index in [9.17, 15) is 10.1 Å². The van der Waals surface area contributed by atoms with Gasteiger partial charge in [-0.1, -0.05) is 36.4 Å². The number of nitrogens with zero attached hydrogens (tertiary/aromatic N) is 1. The Hall–Kier alpha value is -2.20. The van der Waals surface area contributed by atoms with Crippen LogP contribution in [-0.4, -0.2) is 12.0 Å². The lowest BCUT2D eigenvalue weighted by molar-refractivity contribution is -0.384. The highest BCUT2D eigenvalue weighted by molar-refractivity contribution is 5.35. The molecular formula is C16H18N2O2. The van der Waals surface area contributed by atoms with Gasteiger partial charge in [-0.15, -0.1) is 0 Å². The number of benzene rings is 2. The summed E-state index contributed by atoms with van der Waals surface area (Å²) in [7, 11) is 1.93. The molecule has 0 aliphatic carbocycles. The molecule has 2 aromatic carbocycles. The van der Waals surface area contributed by atoms with Gasteiger partial charge in [-0.25, -0.2) is 0 Å². The van der Waals surface area contributed by atoms with E-state index in [0.29, 0.717) is 0 Å². The molecule has 4 heteroatoms. The molecule has 4 nitrogen and oxygen atoms in total. The number of nitrogens with one attached hydrogen (secondary N) is 1. The SMILES string of the molecule is CNC(Cc1ccc([N+](=O)[O-])cc1)c1ccccc1C. The zero-order chi connectivity index (χ0) is 14.5. The molecule has 20 heavy (non-hydrogen) atoms. The van der Waals surface area contributed by atoms with Crippen molar-refractivity contribution >= 4 is 5.69 Å². The maximum Gasteiger partial charge on any atom is 0.269 e. The molecule has 0 amide bonds. The summed E-state index contributed by atoms with van der Waals surface area (Å²) in [6, 6.07) is 15.2. The smallest absolute Gasteiger partial charge is 0.269 e. The standard InChI is InChI=1S/C16H18N2O2/c1-12-5-3-4-6-15(12)16(17-2)11-13-7-9-14(10-8-13)18(19)20/h3-10,16-17H,11H2,1-2H3. The van der Waals surface area contributed by atoms with Crippen LogP contribution in [0.3, 0.4) is 0 Å². The maximum absolute atomic E-state index is 10.6. The maximum atomic E-state index is 10.6. The van der Waals surface area contributed by atoms with E-state index in [1.165, 1.54) is 11.1 Å². The lowest BCUT2D eigenvalue weighted by Crippen LogP contribution is -2.19. The zero-order valence-corrected chi connectivity index (χ0v) is 11.7. The highest BCUT2D eigenvalue weighted by atomic mass is 16.6. The first-order valence-corrected chi connectivity index (χ1v) is 6.58. The van der Waals surface area contributed by atoms with Crippen LogP contribution in [-0.2, 0) is 6.42 Å². The van der Waals surface area contributed by atoms with Crippen LogP contribution < -0.4 is 5.32 Å². The van der Waals surface area contributed by atoms with Crippen LogP contribution in [0.25, 0.3) is 0 Å². The minimum absolute atomic E-state index is 0.130. The Morgan fingerprint density at radius 2 is 1.80 bits per heavy atom. The van der Waals surface area contributed by atoms with Crippen molar-refractivity contribution in [3.63, 3.8) is 0 Å². The first kappa shape index (κ1) is 14.2. The molecule has 1 N–H and O–H groups in total. The Kier molecular flexibility index (Phi) is 4.48. The summed E-state index contributed by atoms with van der Waals surface area (Å²) < 4.78 is 0. The van der Waals surface area contributed by atoms with Gasteiger partial charge in [0.25, 0.3) is 5.69 Å². The van der Waals surface area contributed by atoms with Crippen molar-refractivity contribution in [2.45, 2.75) is 19.4 Å². The highest BCUT2D eigenvalue weighted by Gasteiger charge is 2.13. The molecule has 0 aromatic heterocycles. The second-order valence-corrected chi connectivity index (χ2v) is 4.83. The number of aryl methyl sites for hydroxylation is 1. The van der Waals surface area contributed by atoms with Crippen LogP contribution in [0.1, 0.15) is 22.7 Å². The molecule has 0 bridgehead atoms. The van der Waals surface area contributed by atoms with E-state index >= 15 is 0 Å². The second kappa shape index (κ2) is 6.30. The van der Waals surface area contributed by atoms with Gasteiger partial charge in [0.15, 0.2) is 0 Å². The molecule has 1 atom stereocenters. The van der Waals surface area contributed by atoms with Crippen molar-refractivity contribution in [2.24, 2.45) is 0 Å². The van der Waals surface area contributed by atoms with E-state index in [1.54, 1.807) is 12.1 Å². The Bertz CT molecular complexity index is 594. The predicted molar refractivity (Wildman–Crippen MR) is 79.8 cm³/mol. The van der Waals surface area contributed by atoms with E-state index in [-0.39, 0.29) is 16.7 Å². The summed E-state index contributed by atoms with van der Waals surface area (Å²) in [4.78, 5) is 10.3. The normalized spacial score (nSPS) is 12.1. The summed E-state index contributed by atoms with van der Waals surface area (Å²) in [5, 5.41) is 14.0. The third-order valence-corrected chi connectivity index (χ3v) is 3.50. The van der Waals surface area contributed by atoms with Crippen LogP contribution in [0.5, 0.6) is 0 Å². The summed E-state index contributed by atoms with van der Waals surface area (Å²) in [5.74, 6) is 0. The molecule has 104 valence electrons. The molecule has 0 aliphatic rings. The molecule has 0 saturated carbocycles. The minimum Gasteiger partial charge on any atom is -0.313 e. The molecule has 0 spiro atoms. The lowest BCUT2D eigenvalue weighted by atomic mass is 9.95. The first-order valence-electron chi connectivity index (χ1n) is 6.58. The molecule has 0 saturated heterocycles. The average molecular weight is 270 g/mol. The van der Waals surface area contributed by atoms with Crippen molar-refractivity contribution in [1.29, 1.82) is 0 Å².